The molecular weight excluding hydrogens is 306 g/mol. The molecule has 0 saturated heterocycles. The predicted octanol–water partition coefficient (Wildman–Crippen LogP) is 2.31. The molecule has 6 nitrogen and oxygen atoms in total. The summed E-state index contributed by atoms with van der Waals surface area (Å²) in [7, 11) is 0. The van der Waals surface area contributed by atoms with Crippen LogP contribution in [0, 0.1) is 0 Å². The van der Waals surface area contributed by atoms with Gasteiger partial charge in [-0.05, 0) is 42.3 Å². The van der Waals surface area contributed by atoms with Crippen molar-refractivity contribution in [3.05, 3.63) is 53.9 Å². The summed E-state index contributed by atoms with van der Waals surface area (Å²) in [5.74, 6) is 1.46. The van der Waals surface area contributed by atoms with E-state index in [2.05, 4.69) is 15.3 Å². The molecule has 2 N–H and O–H groups in total. The van der Waals surface area contributed by atoms with Crippen LogP contribution in [0.25, 0.3) is 11.0 Å². The zero-order chi connectivity index (χ0) is 16.4. The third-order valence-corrected chi connectivity index (χ3v) is 3.99. The van der Waals surface area contributed by atoms with Gasteiger partial charge in [-0.15, -0.1) is 0 Å². The molecule has 0 bridgehead atoms. The van der Waals surface area contributed by atoms with Gasteiger partial charge in [0.1, 0.15) is 13.2 Å². The van der Waals surface area contributed by atoms with Gasteiger partial charge in [0.2, 0.25) is 0 Å². The van der Waals surface area contributed by atoms with Crippen molar-refractivity contribution in [1.82, 2.24) is 15.3 Å². The molecule has 4 rings (SSSR count). The van der Waals surface area contributed by atoms with Crippen molar-refractivity contribution >= 4 is 16.9 Å². The molecule has 1 aromatic heterocycles. The zero-order valence-corrected chi connectivity index (χ0v) is 13.0. The number of imidazole rings is 1. The molecule has 1 amide bonds. The summed E-state index contributed by atoms with van der Waals surface area (Å²) in [6.07, 6.45) is 2.35. The lowest BCUT2D eigenvalue weighted by Gasteiger charge is -2.18. The van der Waals surface area contributed by atoms with Crippen molar-refractivity contribution in [1.29, 1.82) is 0 Å². The van der Waals surface area contributed by atoms with Crippen molar-refractivity contribution in [2.45, 2.75) is 6.42 Å². The summed E-state index contributed by atoms with van der Waals surface area (Å²) < 4.78 is 11.1. The van der Waals surface area contributed by atoms with E-state index in [4.69, 9.17) is 9.47 Å². The second-order valence-electron chi connectivity index (χ2n) is 5.62. The van der Waals surface area contributed by atoms with Gasteiger partial charge in [-0.1, -0.05) is 6.07 Å². The molecule has 0 atom stereocenters. The molecule has 2 aromatic carbocycles. The fourth-order valence-electron chi connectivity index (χ4n) is 2.74. The second-order valence-corrected chi connectivity index (χ2v) is 5.62. The highest BCUT2D eigenvalue weighted by Crippen LogP contribution is 2.30. The number of hydrogen-bond acceptors (Lipinski definition) is 4. The van der Waals surface area contributed by atoms with Crippen LogP contribution in [0.3, 0.4) is 0 Å². The maximum atomic E-state index is 12.2. The fourth-order valence-corrected chi connectivity index (χ4v) is 2.74. The highest BCUT2D eigenvalue weighted by molar-refractivity contribution is 5.97. The van der Waals surface area contributed by atoms with E-state index < -0.39 is 0 Å². The lowest BCUT2D eigenvalue weighted by molar-refractivity contribution is 0.0954. The van der Waals surface area contributed by atoms with Crippen LogP contribution >= 0.6 is 0 Å². The van der Waals surface area contributed by atoms with Crippen LogP contribution in [-0.4, -0.2) is 35.6 Å². The number of nitrogens with zero attached hydrogens (tertiary/aromatic N) is 1. The summed E-state index contributed by atoms with van der Waals surface area (Å²) in [5, 5.41) is 2.94. The average Bonchev–Trinajstić information content (AvgIpc) is 3.09. The Bertz CT molecular complexity index is 888. The first-order chi connectivity index (χ1) is 11.8. The van der Waals surface area contributed by atoms with Gasteiger partial charge in [0.25, 0.3) is 5.91 Å². The molecule has 1 aliphatic heterocycles. The van der Waals surface area contributed by atoms with E-state index >= 15 is 0 Å². The van der Waals surface area contributed by atoms with Crippen LogP contribution < -0.4 is 14.8 Å². The topological polar surface area (TPSA) is 76.2 Å². The smallest absolute Gasteiger partial charge is 0.251 e. The summed E-state index contributed by atoms with van der Waals surface area (Å²) in [5.41, 5.74) is 3.43. The Morgan fingerprint density at radius 3 is 2.92 bits per heavy atom. The Balaban J connectivity index is 1.37. The van der Waals surface area contributed by atoms with E-state index in [9.17, 15) is 4.79 Å². The normalized spacial score (nSPS) is 13.0. The standard InChI is InChI=1S/C18H17N3O3/c22-18(13-2-3-14-15(10-13)21-11-20-14)19-6-5-12-1-4-16-17(9-12)24-8-7-23-16/h1-4,9-11H,5-8H2,(H,19,22)(H,20,21). The average molecular weight is 323 g/mol. The van der Waals surface area contributed by atoms with Crippen molar-refractivity contribution in [2.24, 2.45) is 0 Å². The second kappa shape index (κ2) is 6.23. The summed E-state index contributed by atoms with van der Waals surface area (Å²) >= 11 is 0. The number of carbonyl (C=O) groups is 1. The molecular formula is C18H17N3O3. The zero-order valence-electron chi connectivity index (χ0n) is 13.0. The number of H-pyrrole nitrogens is 1. The Morgan fingerprint density at radius 2 is 2.00 bits per heavy atom. The number of amides is 1. The van der Waals surface area contributed by atoms with E-state index in [1.165, 1.54) is 0 Å². The van der Waals surface area contributed by atoms with E-state index in [-0.39, 0.29) is 5.91 Å². The van der Waals surface area contributed by atoms with E-state index in [1.807, 2.05) is 30.3 Å². The Morgan fingerprint density at radius 1 is 1.12 bits per heavy atom. The number of aromatic nitrogens is 2. The molecule has 0 radical (unpaired) electrons. The van der Waals surface area contributed by atoms with Crippen molar-refractivity contribution in [2.75, 3.05) is 19.8 Å². The third-order valence-electron chi connectivity index (χ3n) is 3.99. The number of ether oxygens (including phenoxy) is 2. The number of hydrogen-bond donors (Lipinski definition) is 2. The number of rotatable bonds is 4. The lowest BCUT2D eigenvalue weighted by atomic mass is 10.1. The number of benzene rings is 2. The predicted molar refractivity (Wildman–Crippen MR) is 89.6 cm³/mol. The van der Waals surface area contributed by atoms with Gasteiger partial charge in [0.05, 0.1) is 17.4 Å². The number of fused-ring (bicyclic) bond motifs is 2. The monoisotopic (exact) mass is 323 g/mol. The highest BCUT2D eigenvalue weighted by Gasteiger charge is 2.12. The molecule has 1 aliphatic rings. The molecule has 0 aliphatic carbocycles. The number of carbonyl (C=O) groups excluding carboxylic acids is 1. The van der Waals surface area contributed by atoms with Crippen LogP contribution in [0.15, 0.2) is 42.7 Å². The van der Waals surface area contributed by atoms with Crippen LogP contribution in [0.5, 0.6) is 11.5 Å². The Hall–Kier alpha value is -3.02. The summed E-state index contributed by atoms with van der Waals surface area (Å²) in [4.78, 5) is 19.4. The van der Waals surface area contributed by atoms with E-state index in [0.29, 0.717) is 25.3 Å². The largest absolute Gasteiger partial charge is 0.486 e. The van der Waals surface area contributed by atoms with Crippen LogP contribution in [-0.2, 0) is 6.42 Å². The molecule has 6 heteroatoms. The van der Waals surface area contributed by atoms with Gasteiger partial charge in [-0.2, -0.15) is 0 Å². The maximum Gasteiger partial charge on any atom is 0.251 e. The minimum absolute atomic E-state index is 0.0935. The summed E-state index contributed by atoms with van der Waals surface area (Å²) in [6.45, 7) is 1.71. The lowest BCUT2D eigenvalue weighted by Crippen LogP contribution is -2.25. The van der Waals surface area contributed by atoms with Gasteiger partial charge in [-0.3, -0.25) is 4.79 Å². The van der Waals surface area contributed by atoms with Gasteiger partial charge in [0, 0.05) is 12.1 Å². The summed E-state index contributed by atoms with van der Waals surface area (Å²) in [6, 6.07) is 11.3. The van der Waals surface area contributed by atoms with Crippen LogP contribution in [0.1, 0.15) is 15.9 Å². The SMILES string of the molecule is O=C(NCCc1ccc2c(c1)OCCO2)c1ccc2nc[nH]c2c1. The minimum Gasteiger partial charge on any atom is -0.486 e. The molecule has 3 aromatic rings. The van der Waals surface area contributed by atoms with Crippen molar-refractivity contribution in [3.8, 4) is 11.5 Å². The van der Waals surface area contributed by atoms with Gasteiger partial charge >= 0.3 is 0 Å². The first kappa shape index (κ1) is 14.6. The highest BCUT2D eigenvalue weighted by atomic mass is 16.6. The van der Waals surface area contributed by atoms with Crippen molar-refractivity contribution in [3.63, 3.8) is 0 Å². The van der Waals surface area contributed by atoms with E-state index in [1.54, 1.807) is 12.4 Å². The van der Waals surface area contributed by atoms with Gasteiger partial charge in [0.15, 0.2) is 11.5 Å². The number of aromatic amines is 1. The molecule has 24 heavy (non-hydrogen) atoms. The fraction of sp³-hybridized carbons (Fsp3) is 0.222. The molecule has 0 saturated carbocycles. The molecule has 0 unspecified atom stereocenters. The first-order valence-electron chi connectivity index (χ1n) is 7.89. The number of nitrogens with one attached hydrogen (secondary N) is 2. The quantitative estimate of drug-likeness (QED) is 0.772. The van der Waals surface area contributed by atoms with Crippen LogP contribution in [0.4, 0.5) is 0 Å². The van der Waals surface area contributed by atoms with Crippen LogP contribution in [0.2, 0.25) is 0 Å². The van der Waals surface area contributed by atoms with E-state index in [0.717, 1.165) is 34.5 Å². The Labute approximate surface area is 138 Å². The molecule has 0 fully saturated rings. The molecule has 0 spiro atoms. The maximum absolute atomic E-state index is 12.2. The first-order valence-corrected chi connectivity index (χ1v) is 7.89. The third kappa shape index (κ3) is 2.90. The minimum atomic E-state index is -0.0935. The van der Waals surface area contributed by atoms with Gasteiger partial charge < -0.3 is 19.8 Å². The van der Waals surface area contributed by atoms with Gasteiger partial charge in [-0.25, -0.2) is 4.98 Å². The molecule has 122 valence electrons. The molecule has 2 heterocycles. The Kier molecular flexibility index (Phi) is 3.78. The van der Waals surface area contributed by atoms with Crippen molar-refractivity contribution < 1.29 is 14.3 Å².